The second-order valence-corrected chi connectivity index (χ2v) is 7.09. The fraction of sp³-hybridized carbons (Fsp3) is 0.526. The molecule has 1 aromatic carbocycles. The summed E-state index contributed by atoms with van der Waals surface area (Å²) in [5, 5.41) is 4.94. The highest BCUT2D eigenvalue weighted by atomic mass is 19.4. The molecule has 8 nitrogen and oxygen atoms in total. The number of rotatable bonds is 6. The largest absolute Gasteiger partial charge is 0.416 e. The molecule has 2 heterocycles. The van der Waals surface area contributed by atoms with Gasteiger partial charge in [0.05, 0.1) is 30.2 Å². The summed E-state index contributed by atoms with van der Waals surface area (Å²) in [6.45, 7) is 3.02. The van der Waals surface area contributed by atoms with Gasteiger partial charge >= 0.3 is 12.2 Å². The molecular formula is C19H23F3N4O4. The average molecular weight is 428 g/mol. The minimum atomic E-state index is -4.58. The standard InChI is InChI=1S/C19H23F3N4O4/c1-2-3-13-17(28)26(18(29)24-13)11-16(27)23-14-10-12(19(20,21)22)4-5-15(14)25-6-8-30-9-7-25/h4-5,10,13H,2-3,6-9,11H2,1H3,(H,23,27)(H,24,29). The van der Waals surface area contributed by atoms with Crippen molar-refractivity contribution in [3.8, 4) is 0 Å². The molecule has 0 aliphatic carbocycles. The molecule has 0 bridgehead atoms. The molecule has 30 heavy (non-hydrogen) atoms. The summed E-state index contributed by atoms with van der Waals surface area (Å²) in [6.07, 6.45) is -3.47. The monoisotopic (exact) mass is 428 g/mol. The second-order valence-electron chi connectivity index (χ2n) is 7.09. The van der Waals surface area contributed by atoms with Gasteiger partial charge in [-0.05, 0) is 24.6 Å². The number of anilines is 2. The van der Waals surface area contributed by atoms with Crippen LogP contribution in [-0.4, -0.2) is 61.6 Å². The van der Waals surface area contributed by atoms with E-state index in [0.29, 0.717) is 44.8 Å². The Hall–Kier alpha value is -2.82. The zero-order valence-electron chi connectivity index (χ0n) is 16.4. The quantitative estimate of drug-likeness (QED) is 0.678. The lowest BCUT2D eigenvalue weighted by Crippen LogP contribution is -2.39. The van der Waals surface area contributed by atoms with E-state index in [2.05, 4.69) is 10.6 Å². The van der Waals surface area contributed by atoms with Crippen molar-refractivity contribution in [3.05, 3.63) is 23.8 Å². The zero-order valence-corrected chi connectivity index (χ0v) is 16.4. The highest BCUT2D eigenvalue weighted by Gasteiger charge is 2.38. The first-order valence-corrected chi connectivity index (χ1v) is 9.66. The van der Waals surface area contributed by atoms with Crippen LogP contribution in [0.1, 0.15) is 25.3 Å². The van der Waals surface area contributed by atoms with Crippen LogP contribution in [-0.2, 0) is 20.5 Å². The van der Waals surface area contributed by atoms with Gasteiger partial charge in [-0.15, -0.1) is 0 Å². The number of nitrogens with one attached hydrogen (secondary N) is 2. The smallest absolute Gasteiger partial charge is 0.378 e. The molecular weight excluding hydrogens is 405 g/mol. The number of carbonyl (C=O) groups excluding carboxylic acids is 3. The normalized spacial score (nSPS) is 19.8. The molecule has 164 valence electrons. The van der Waals surface area contributed by atoms with Crippen molar-refractivity contribution in [3.63, 3.8) is 0 Å². The van der Waals surface area contributed by atoms with Crippen LogP contribution >= 0.6 is 0 Å². The summed E-state index contributed by atoms with van der Waals surface area (Å²) < 4.78 is 44.8. The van der Waals surface area contributed by atoms with Crippen LogP contribution in [0.3, 0.4) is 0 Å². The van der Waals surface area contributed by atoms with Gasteiger partial charge in [0.2, 0.25) is 5.91 Å². The van der Waals surface area contributed by atoms with Gasteiger partial charge < -0.3 is 20.3 Å². The Labute approximate surface area is 171 Å². The van der Waals surface area contributed by atoms with Crippen LogP contribution in [0.15, 0.2) is 18.2 Å². The zero-order chi connectivity index (χ0) is 21.9. The molecule has 4 amide bonds. The molecule has 2 saturated heterocycles. The van der Waals surface area contributed by atoms with Crippen molar-refractivity contribution >= 4 is 29.2 Å². The van der Waals surface area contributed by atoms with Crippen molar-refractivity contribution in [2.45, 2.75) is 32.0 Å². The molecule has 1 unspecified atom stereocenters. The topological polar surface area (TPSA) is 91.0 Å². The van der Waals surface area contributed by atoms with Gasteiger partial charge in [-0.1, -0.05) is 13.3 Å². The number of imide groups is 1. The Kier molecular flexibility index (Phi) is 6.49. The molecule has 2 aliphatic rings. The lowest BCUT2D eigenvalue weighted by molar-refractivity contribution is -0.137. The number of alkyl halides is 3. The van der Waals surface area contributed by atoms with E-state index in [9.17, 15) is 27.6 Å². The molecule has 1 aromatic rings. The molecule has 2 N–H and O–H groups in total. The summed E-state index contributed by atoms with van der Waals surface area (Å²) >= 11 is 0. The number of carbonyl (C=O) groups is 3. The lowest BCUT2D eigenvalue weighted by Gasteiger charge is -2.31. The summed E-state index contributed by atoms with van der Waals surface area (Å²) in [5.74, 6) is -1.28. The minimum Gasteiger partial charge on any atom is -0.378 e. The van der Waals surface area contributed by atoms with E-state index >= 15 is 0 Å². The number of ether oxygens (including phenoxy) is 1. The number of hydrogen-bond donors (Lipinski definition) is 2. The SMILES string of the molecule is CCCC1NC(=O)N(CC(=O)Nc2cc(C(F)(F)F)ccc2N2CCOCC2)C1=O. The van der Waals surface area contributed by atoms with Gasteiger partial charge in [-0.2, -0.15) is 13.2 Å². The molecule has 3 rings (SSSR count). The van der Waals surface area contributed by atoms with Crippen molar-refractivity contribution in [1.82, 2.24) is 10.2 Å². The third-order valence-electron chi connectivity index (χ3n) is 4.94. The van der Waals surface area contributed by atoms with E-state index < -0.39 is 42.2 Å². The maximum Gasteiger partial charge on any atom is 0.416 e. The highest BCUT2D eigenvalue weighted by Crippen LogP contribution is 2.35. The Morgan fingerprint density at radius 1 is 1.27 bits per heavy atom. The van der Waals surface area contributed by atoms with E-state index in [4.69, 9.17) is 4.74 Å². The first kappa shape index (κ1) is 21.9. The number of morpholine rings is 1. The fourth-order valence-electron chi connectivity index (χ4n) is 3.44. The van der Waals surface area contributed by atoms with Gasteiger partial charge in [0.25, 0.3) is 5.91 Å². The maximum absolute atomic E-state index is 13.2. The van der Waals surface area contributed by atoms with Gasteiger partial charge in [0.15, 0.2) is 0 Å². The van der Waals surface area contributed by atoms with E-state index in [0.717, 1.165) is 17.0 Å². The Morgan fingerprint density at radius 2 is 1.97 bits per heavy atom. The Bertz CT molecular complexity index is 824. The van der Waals surface area contributed by atoms with Gasteiger partial charge in [-0.25, -0.2) is 4.79 Å². The third kappa shape index (κ3) is 4.84. The van der Waals surface area contributed by atoms with Crippen molar-refractivity contribution in [2.75, 3.05) is 43.1 Å². The van der Waals surface area contributed by atoms with Gasteiger partial charge in [0.1, 0.15) is 12.6 Å². The molecule has 11 heteroatoms. The van der Waals surface area contributed by atoms with Crippen LogP contribution in [0.25, 0.3) is 0 Å². The summed E-state index contributed by atoms with van der Waals surface area (Å²) in [6, 6.07) is 1.73. The number of amides is 4. The molecule has 0 saturated carbocycles. The van der Waals surface area contributed by atoms with Crippen molar-refractivity contribution < 1.29 is 32.3 Å². The molecule has 0 spiro atoms. The number of urea groups is 1. The van der Waals surface area contributed by atoms with Gasteiger partial charge in [0, 0.05) is 13.1 Å². The van der Waals surface area contributed by atoms with Crippen LogP contribution in [0.5, 0.6) is 0 Å². The van der Waals surface area contributed by atoms with Gasteiger partial charge in [-0.3, -0.25) is 14.5 Å². The minimum absolute atomic E-state index is 0.0334. The second kappa shape index (κ2) is 8.90. The number of halogens is 3. The predicted octanol–water partition coefficient (Wildman–Crippen LogP) is 2.20. The van der Waals surface area contributed by atoms with E-state index in [1.165, 1.54) is 6.07 Å². The average Bonchev–Trinajstić information content (AvgIpc) is 2.95. The Morgan fingerprint density at radius 3 is 2.60 bits per heavy atom. The van der Waals surface area contributed by atoms with Crippen LogP contribution < -0.4 is 15.5 Å². The molecule has 2 aliphatic heterocycles. The van der Waals surface area contributed by atoms with E-state index in [1.807, 2.05) is 11.8 Å². The molecule has 2 fully saturated rings. The maximum atomic E-state index is 13.2. The van der Waals surface area contributed by atoms with Crippen LogP contribution in [0.2, 0.25) is 0 Å². The Balaban J connectivity index is 1.79. The summed E-state index contributed by atoms with van der Waals surface area (Å²) in [4.78, 5) is 39.4. The van der Waals surface area contributed by atoms with E-state index in [1.54, 1.807) is 0 Å². The van der Waals surface area contributed by atoms with Crippen LogP contribution in [0.4, 0.5) is 29.3 Å². The summed E-state index contributed by atoms with van der Waals surface area (Å²) in [5.41, 5.74) is -0.526. The molecule has 0 aromatic heterocycles. The van der Waals surface area contributed by atoms with Crippen molar-refractivity contribution in [2.24, 2.45) is 0 Å². The lowest BCUT2D eigenvalue weighted by atomic mass is 10.1. The predicted molar refractivity (Wildman–Crippen MR) is 102 cm³/mol. The summed E-state index contributed by atoms with van der Waals surface area (Å²) in [7, 11) is 0. The fourth-order valence-corrected chi connectivity index (χ4v) is 3.44. The van der Waals surface area contributed by atoms with Crippen LogP contribution in [0, 0.1) is 0 Å². The number of hydrogen-bond acceptors (Lipinski definition) is 5. The number of nitrogens with zero attached hydrogens (tertiary/aromatic N) is 2. The number of benzene rings is 1. The molecule has 1 atom stereocenters. The van der Waals surface area contributed by atoms with E-state index in [-0.39, 0.29) is 5.69 Å². The van der Waals surface area contributed by atoms with Crippen molar-refractivity contribution in [1.29, 1.82) is 0 Å². The first-order chi connectivity index (χ1) is 14.2. The molecule has 0 radical (unpaired) electrons. The first-order valence-electron chi connectivity index (χ1n) is 9.66. The highest BCUT2D eigenvalue weighted by molar-refractivity contribution is 6.08. The third-order valence-corrected chi connectivity index (χ3v) is 4.94.